The highest BCUT2D eigenvalue weighted by molar-refractivity contribution is 5.86. The standard InChI is InChI=1S/C10H12N4O4/c1-6-9(10(15)16)11-13-14(6)4-7-3-8(5-17-2)18-12-7/h3H,4-5H2,1-2H3,(H,15,16). The second kappa shape index (κ2) is 4.96. The van der Waals surface area contributed by atoms with Gasteiger partial charge in [-0.2, -0.15) is 0 Å². The number of aromatic nitrogens is 4. The molecule has 0 amide bonds. The van der Waals surface area contributed by atoms with E-state index in [1.165, 1.54) is 4.68 Å². The fraction of sp³-hybridized carbons (Fsp3) is 0.400. The van der Waals surface area contributed by atoms with Crippen LogP contribution in [0.25, 0.3) is 0 Å². The molecule has 0 aromatic carbocycles. The molecule has 2 aromatic rings. The van der Waals surface area contributed by atoms with Gasteiger partial charge in [0.2, 0.25) is 0 Å². The maximum atomic E-state index is 10.8. The Morgan fingerprint density at radius 3 is 3.00 bits per heavy atom. The summed E-state index contributed by atoms with van der Waals surface area (Å²) in [5, 5.41) is 20.0. The molecule has 0 saturated carbocycles. The average Bonchev–Trinajstić information content (AvgIpc) is 2.89. The van der Waals surface area contributed by atoms with Gasteiger partial charge in [0.15, 0.2) is 11.5 Å². The molecule has 0 aliphatic heterocycles. The fourth-order valence-electron chi connectivity index (χ4n) is 1.50. The highest BCUT2D eigenvalue weighted by atomic mass is 16.5. The predicted octanol–water partition coefficient (Wildman–Crippen LogP) is 0.467. The minimum Gasteiger partial charge on any atom is -0.476 e. The highest BCUT2D eigenvalue weighted by Crippen LogP contribution is 2.09. The van der Waals surface area contributed by atoms with Crippen molar-refractivity contribution in [3.8, 4) is 0 Å². The van der Waals surface area contributed by atoms with Crippen molar-refractivity contribution in [2.45, 2.75) is 20.1 Å². The van der Waals surface area contributed by atoms with Gasteiger partial charge in [-0.25, -0.2) is 9.48 Å². The van der Waals surface area contributed by atoms with E-state index in [1.807, 2.05) is 0 Å². The molecule has 96 valence electrons. The summed E-state index contributed by atoms with van der Waals surface area (Å²) >= 11 is 0. The Balaban J connectivity index is 2.15. The van der Waals surface area contributed by atoms with E-state index in [-0.39, 0.29) is 5.69 Å². The van der Waals surface area contributed by atoms with E-state index in [0.29, 0.717) is 30.3 Å². The predicted molar refractivity (Wildman–Crippen MR) is 58.0 cm³/mol. The quantitative estimate of drug-likeness (QED) is 0.824. The first-order valence-electron chi connectivity index (χ1n) is 5.18. The van der Waals surface area contributed by atoms with E-state index < -0.39 is 5.97 Å². The molecular weight excluding hydrogens is 240 g/mol. The summed E-state index contributed by atoms with van der Waals surface area (Å²) in [6.45, 7) is 2.28. The molecule has 2 rings (SSSR count). The number of nitrogens with zero attached hydrogens (tertiary/aromatic N) is 4. The third-order valence-corrected chi connectivity index (χ3v) is 2.39. The molecule has 8 nitrogen and oxygen atoms in total. The molecule has 2 heterocycles. The van der Waals surface area contributed by atoms with Gasteiger partial charge in [-0.3, -0.25) is 0 Å². The maximum Gasteiger partial charge on any atom is 0.358 e. The van der Waals surface area contributed by atoms with E-state index in [2.05, 4.69) is 15.5 Å². The van der Waals surface area contributed by atoms with Gasteiger partial charge in [0.05, 0.1) is 12.2 Å². The molecule has 0 fully saturated rings. The number of carboxylic acid groups (broad SMARTS) is 1. The van der Waals surface area contributed by atoms with Crippen LogP contribution in [-0.2, 0) is 17.9 Å². The van der Waals surface area contributed by atoms with Crippen LogP contribution >= 0.6 is 0 Å². The summed E-state index contributed by atoms with van der Waals surface area (Å²) in [6, 6.07) is 1.73. The molecule has 1 N–H and O–H groups in total. The third kappa shape index (κ3) is 2.38. The third-order valence-electron chi connectivity index (χ3n) is 2.39. The number of hydrogen-bond acceptors (Lipinski definition) is 6. The first-order valence-corrected chi connectivity index (χ1v) is 5.18. The topological polar surface area (TPSA) is 103 Å². The van der Waals surface area contributed by atoms with Crippen LogP contribution in [0.2, 0.25) is 0 Å². The number of hydrogen-bond donors (Lipinski definition) is 1. The van der Waals surface area contributed by atoms with Crippen LogP contribution in [0.1, 0.15) is 27.6 Å². The highest BCUT2D eigenvalue weighted by Gasteiger charge is 2.16. The van der Waals surface area contributed by atoms with Gasteiger partial charge in [-0.15, -0.1) is 5.10 Å². The maximum absolute atomic E-state index is 10.8. The Morgan fingerprint density at radius 2 is 2.39 bits per heavy atom. The van der Waals surface area contributed by atoms with Crippen LogP contribution < -0.4 is 0 Å². The number of carboxylic acids is 1. The number of methoxy groups -OCH3 is 1. The van der Waals surface area contributed by atoms with E-state index in [4.69, 9.17) is 14.4 Å². The zero-order chi connectivity index (χ0) is 13.1. The van der Waals surface area contributed by atoms with E-state index in [0.717, 1.165) is 0 Å². The number of carbonyl (C=O) groups is 1. The Hall–Kier alpha value is -2.22. The normalized spacial score (nSPS) is 10.8. The van der Waals surface area contributed by atoms with E-state index >= 15 is 0 Å². The molecule has 0 unspecified atom stereocenters. The van der Waals surface area contributed by atoms with Crippen molar-refractivity contribution in [3.63, 3.8) is 0 Å². The first-order chi connectivity index (χ1) is 8.61. The lowest BCUT2D eigenvalue weighted by molar-refractivity contribution is 0.0689. The number of aromatic carboxylic acids is 1. The molecule has 0 atom stereocenters. The summed E-state index contributed by atoms with van der Waals surface area (Å²) in [6.07, 6.45) is 0. The lowest BCUT2D eigenvalue weighted by Crippen LogP contribution is -2.06. The fourth-order valence-corrected chi connectivity index (χ4v) is 1.50. The molecular formula is C10H12N4O4. The second-order valence-electron chi connectivity index (χ2n) is 3.70. The van der Waals surface area contributed by atoms with Gasteiger partial charge in [0.1, 0.15) is 12.3 Å². The van der Waals surface area contributed by atoms with Crippen molar-refractivity contribution >= 4 is 5.97 Å². The number of rotatable bonds is 5. The van der Waals surface area contributed by atoms with E-state index in [1.54, 1.807) is 20.1 Å². The molecule has 2 aromatic heterocycles. The van der Waals surface area contributed by atoms with Gasteiger partial charge in [0.25, 0.3) is 0 Å². The molecule has 0 saturated heterocycles. The van der Waals surface area contributed by atoms with Gasteiger partial charge < -0.3 is 14.4 Å². The lowest BCUT2D eigenvalue weighted by Gasteiger charge is -1.98. The molecule has 18 heavy (non-hydrogen) atoms. The van der Waals surface area contributed by atoms with Crippen LogP contribution in [0.5, 0.6) is 0 Å². The minimum absolute atomic E-state index is 0.0596. The average molecular weight is 252 g/mol. The van der Waals surface area contributed by atoms with Crippen LogP contribution in [0.3, 0.4) is 0 Å². The summed E-state index contributed by atoms with van der Waals surface area (Å²) in [5.74, 6) is -0.497. The van der Waals surface area contributed by atoms with Gasteiger partial charge in [0, 0.05) is 13.2 Å². The SMILES string of the molecule is COCc1cc(Cn2nnc(C(=O)O)c2C)no1. The summed E-state index contributed by atoms with van der Waals surface area (Å²) in [5.41, 5.74) is 1.04. The largest absolute Gasteiger partial charge is 0.476 e. The Kier molecular flexibility index (Phi) is 3.38. The monoisotopic (exact) mass is 252 g/mol. The van der Waals surface area contributed by atoms with Crippen LogP contribution in [0, 0.1) is 6.92 Å². The molecule has 0 aliphatic rings. The van der Waals surface area contributed by atoms with Crippen LogP contribution in [-0.4, -0.2) is 38.3 Å². The first kappa shape index (κ1) is 12.2. The number of ether oxygens (including phenoxy) is 1. The molecule has 0 aliphatic carbocycles. The van der Waals surface area contributed by atoms with Gasteiger partial charge >= 0.3 is 5.97 Å². The summed E-state index contributed by atoms with van der Waals surface area (Å²) < 4.78 is 11.4. The minimum atomic E-state index is -1.10. The van der Waals surface area contributed by atoms with E-state index in [9.17, 15) is 4.79 Å². The van der Waals surface area contributed by atoms with Crippen molar-refractivity contribution in [3.05, 3.63) is 28.9 Å². The lowest BCUT2D eigenvalue weighted by atomic mass is 10.3. The second-order valence-corrected chi connectivity index (χ2v) is 3.70. The van der Waals surface area contributed by atoms with Crippen molar-refractivity contribution in [2.75, 3.05) is 7.11 Å². The van der Waals surface area contributed by atoms with Crippen molar-refractivity contribution in [1.82, 2.24) is 20.2 Å². The smallest absolute Gasteiger partial charge is 0.358 e. The van der Waals surface area contributed by atoms with Gasteiger partial charge in [-0.1, -0.05) is 10.4 Å². The Bertz CT molecular complexity index is 560. The van der Waals surface area contributed by atoms with Crippen LogP contribution in [0.4, 0.5) is 0 Å². The summed E-state index contributed by atoms with van der Waals surface area (Å²) in [4.78, 5) is 10.8. The zero-order valence-electron chi connectivity index (χ0n) is 9.95. The van der Waals surface area contributed by atoms with Gasteiger partial charge in [-0.05, 0) is 6.92 Å². The van der Waals surface area contributed by atoms with Crippen molar-refractivity contribution in [1.29, 1.82) is 0 Å². The molecule has 0 bridgehead atoms. The summed E-state index contributed by atoms with van der Waals surface area (Å²) in [7, 11) is 1.56. The molecule has 0 radical (unpaired) electrons. The van der Waals surface area contributed by atoms with Crippen molar-refractivity contribution < 1.29 is 19.2 Å². The van der Waals surface area contributed by atoms with Crippen LogP contribution in [0.15, 0.2) is 10.6 Å². The van der Waals surface area contributed by atoms with Crippen molar-refractivity contribution in [2.24, 2.45) is 0 Å². The molecule has 0 spiro atoms. The Labute approximate surface area is 102 Å². The Morgan fingerprint density at radius 1 is 1.61 bits per heavy atom. The molecule has 8 heteroatoms. The zero-order valence-corrected chi connectivity index (χ0v) is 9.95.